The first-order chi connectivity index (χ1) is 13.6. The van der Waals surface area contributed by atoms with E-state index < -0.39 is 45.2 Å². The summed E-state index contributed by atoms with van der Waals surface area (Å²) in [5.74, 6) is 4.58. The highest BCUT2D eigenvalue weighted by Gasteiger charge is 2.73. The molecule has 0 unspecified atom stereocenters. The van der Waals surface area contributed by atoms with Gasteiger partial charge in [0.05, 0.1) is 27.4 Å². The Morgan fingerprint density at radius 3 is 1.73 bits per heavy atom. The zero-order valence-corrected chi connectivity index (χ0v) is 15.8. The van der Waals surface area contributed by atoms with Crippen LogP contribution in [0.1, 0.15) is 21.5 Å². The third-order valence-electron chi connectivity index (χ3n) is 3.92. The zero-order valence-electron chi connectivity index (χ0n) is 14.2. The molecule has 30 heavy (non-hydrogen) atoms. The van der Waals surface area contributed by atoms with Crippen molar-refractivity contribution in [3.05, 3.63) is 63.1 Å². The van der Waals surface area contributed by atoms with Gasteiger partial charge in [-0.05, 0) is 36.4 Å². The molecular formula is C17H8Cl2F7N3O. The fourth-order valence-electron chi connectivity index (χ4n) is 2.41. The molecule has 2 rings (SSSR count). The van der Waals surface area contributed by atoms with Crippen LogP contribution in [0.15, 0.2) is 36.4 Å². The van der Waals surface area contributed by atoms with Crippen LogP contribution in [0.2, 0.25) is 10.0 Å². The van der Waals surface area contributed by atoms with E-state index in [0.29, 0.717) is 0 Å². The Hall–Kier alpha value is -2.55. The van der Waals surface area contributed by atoms with E-state index in [0.717, 1.165) is 0 Å². The predicted molar refractivity (Wildman–Crippen MR) is 93.5 cm³/mol. The number of halogens is 9. The molecule has 0 bridgehead atoms. The number of carbonyl (C=O) groups excluding carboxylic acids is 1. The molecule has 0 aromatic heterocycles. The Morgan fingerprint density at radius 2 is 1.37 bits per heavy atom. The lowest BCUT2D eigenvalue weighted by molar-refractivity contribution is -0.348. The number of nitriles is 1. The van der Waals surface area contributed by atoms with E-state index in [1.165, 1.54) is 24.3 Å². The lowest BCUT2D eigenvalue weighted by Gasteiger charge is -2.31. The Morgan fingerprint density at radius 1 is 0.933 bits per heavy atom. The number of carbonyl (C=O) groups is 1. The summed E-state index contributed by atoms with van der Waals surface area (Å²) in [6.45, 7) is 0. The second-order valence-corrected chi connectivity index (χ2v) is 6.62. The molecule has 160 valence electrons. The summed E-state index contributed by atoms with van der Waals surface area (Å²) in [5, 5.41) is 7.15. The fraction of sp³-hybridized carbons (Fsp3) is 0.176. The van der Waals surface area contributed by atoms with Gasteiger partial charge < -0.3 is 0 Å². The van der Waals surface area contributed by atoms with Crippen LogP contribution in [0.3, 0.4) is 0 Å². The lowest BCUT2D eigenvalue weighted by Crippen LogP contribution is -2.50. The van der Waals surface area contributed by atoms with E-state index in [2.05, 4.69) is 0 Å². The molecule has 2 aromatic carbocycles. The standard InChI is InChI=1S/C17H8Cl2F7N3O/c18-11-5-10(15(20,16(21,22)23)17(24,25)26)6-12(19)13(11)29(28)14(30)9-3-1-8(7-27)2-4-9/h1-6H,28H2. The van der Waals surface area contributed by atoms with Gasteiger partial charge in [-0.1, -0.05) is 23.2 Å². The zero-order chi connectivity index (χ0) is 23.1. The first kappa shape index (κ1) is 23.7. The second-order valence-electron chi connectivity index (χ2n) is 5.81. The fourth-order valence-corrected chi connectivity index (χ4v) is 3.08. The monoisotopic (exact) mass is 473 g/mol. The molecule has 13 heteroatoms. The minimum Gasteiger partial charge on any atom is -0.267 e. The maximum Gasteiger partial charge on any atom is 0.435 e. The number of alkyl halides is 7. The predicted octanol–water partition coefficient (Wildman–Crippen LogP) is 5.67. The largest absolute Gasteiger partial charge is 0.435 e. The maximum atomic E-state index is 14.2. The van der Waals surface area contributed by atoms with Crippen molar-refractivity contribution in [3.63, 3.8) is 0 Å². The molecule has 1 amide bonds. The summed E-state index contributed by atoms with van der Waals surface area (Å²) in [6, 6.07) is 6.78. The molecule has 0 heterocycles. The number of anilines is 1. The van der Waals surface area contributed by atoms with Gasteiger partial charge in [0.2, 0.25) is 0 Å². The molecule has 0 saturated carbocycles. The molecule has 0 aliphatic rings. The Kier molecular flexibility index (Phi) is 6.28. The van der Waals surface area contributed by atoms with Crippen molar-refractivity contribution < 1.29 is 35.5 Å². The van der Waals surface area contributed by atoms with Crippen LogP contribution in [-0.4, -0.2) is 18.3 Å². The normalized spacial score (nSPS) is 12.4. The molecule has 0 saturated heterocycles. The van der Waals surface area contributed by atoms with Crippen molar-refractivity contribution in [3.8, 4) is 6.07 Å². The van der Waals surface area contributed by atoms with Crippen LogP contribution in [0.5, 0.6) is 0 Å². The van der Waals surface area contributed by atoms with Gasteiger partial charge in [-0.3, -0.25) is 4.79 Å². The lowest BCUT2D eigenvalue weighted by atomic mass is 9.94. The highest BCUT2D eigenvalue weighted by Crippen LogP contribution is 2.54. The van der Waals surface area contributed by atoms with Crippen LogP contribution < -0.4 is 10.9 Å². The Balaban J connectivity index is 2.54. The Labute approximate surface area is 174 Å². The molecule has 0 aliphatic carbocycles. The molecular weight excluding hydrogens is 466 g/mol. The summed E-state index contributed by atoms with van der Waals surface area (Å²) >= 11 is 11.4. The number of rotatable bonds is 3. The number of nitrogens with zero attached hydrogens (tertiary/aromatic N) is 2. The minimum absolute atomic E-state index is 0.0374. The van der Waals surface area contributed by atoms with E-state index in [1.54, 1.807) is 6.07 Å². The van der Waals surface area contributed by atoms with Gasteiger partial charge in [-0.25, -0.2) is 15.2 Å². The third-order valence-corrected chi connectivity index (χ3v) is 4.49. The van der Waals surface area contributed by atoms with Gasteiger partial charge >= 0.3 is 18.0 Å². The molecule has 4 nitrogen and oxygen atoms in total. The molecule has 2 N–H and O–H groups in total. The summed E-state index contributed by atoms with van der Waals surface area (Å²) in [4.78, 5) is 12.4. The summed E-state index contributed by atoms with van der Waals surface area (Å²) in [7, 11) is 0. The van der Waals surface area contributed by atoms with Crippen molar-refractivity contribution in [2.75, 3.05) is 5.01 Å². The molecule has 0 aliphatic heterocycles. The van der Waals surface area contributed by atoms with Crippen LogP contribution >= 0.6 is 23.2 Å². The van der Waals surface area contributed by atoms with E-state index in [-0.39, 0.29) is 28.3 Å². The van der Waals surface area contributed by atoms with Crippen LogP contribution in [0, 0.1) is 11.3 Å². The van der Waals surface area contributed by atoms with Gasteiger partial charge in [0.1, 0.15) is 0 Å². The van der Waals surface area contributed by atoms with Crippen molar-refractivity contribution in [2.24, 2.45) is 5.84 Å². The maximum absolute atomic E-state index is 14.2. The van der Waals surface area contributed by atoms with Crippen molar-refractivity contribution >= 4 is 34.8 Å². The number of nitrogens with two attached hydrogens (primary N) is 1. The van der Waals surface area contributed by atoms with Gasteiger partial charge in [0.15, 0.2) is 0 Å². The third kappa shape index (κ3) is 4.03. The van der Waals surface area contributed by atoms with Gasteiger partial charge in [-0.2, -0.15) is 31.6 Å². The topological polar surface area (TPSA) is 70.1 Å². The van der Waals surface area contributed by atoms with Gasteiger partial charge in [0, 0.05) is 11.1 Å². The first-order valence-corrected chi connectivity index (χ1v) is 8.32. The first-order valence-electron chi connectivity index (χ1n) is 7.56. The average molecular weight is 474 g/mol. The van der Waals surface area contributed by atoms with Crippen molar-refractivity contribution in [2.45, 2.75) is 18.0 Å². The number of hydrogen-bond donors (Lipinski definition) is 1. The van der Waals surface area contributed by atoms with Gasteiger partial charge in [-0.15, -0.1) is 0 Å². The highest BCUT2D eigenvalue weighted by molar-refractivity contribution is 6.40. The number of amides is 1. The van der Waals surface area contributed by atoms with Crippen LogP contribution in [0.25, 0.3) is 0 Å². The van der Waals surface area contributed by atoms with Crippen molar-refractivity contribution in [1.29, 1.82) is 5.26 Å². The van der Waals surface area contributed by atoms with Gasteiger partial charge in [0.25, 0.3) is 5.91 Å². The average Bonchev–Trinajstić information content (AvgIpc) is 2.64. The van der Waals surface area contributed by atoms with E-state index in [9.17, 15) is 35.5 Å². The summed E-state index contributed by atoms with van der Waals surface area (Å²) in [5.41, 5.74) is -8.24. The van der Waals surface area contributed by atoms with Crippen LogP contribution in [-0.2, 0) is 5.67 Å². The number of hydrazine groups is 1. The quantitative estimate of drug-likeness (QED) is 0.270. The number of hydrogen-bond acceptors (Lipinski definition) is 3. The van der Waals surface area contributed by atoms with E-state index >= 15 is 0 Å². The second kappa shape index (κ2) is 7.94. The molecule has 0 spiro atoms. The van der Waals surface area contributed by atoms with E-state index in [1.807, 2.05) is 0 Å². The molecule has 2 aromatic rings. The molecule has 0 fully saturated rings. The van der Waals surface area contributed by atoms with Crippen molar-refractivity contribution in [1.82, 2.24) is 0 Å². The SMILES string of the molecule is N#Cc1ccc(C(=O)N(N)c2c(Cl)cc(C(F)(C(F)(F)F)C(F)(F)F)cc2Cl)cc1. The number of benzene rings is 2. The minimum atomic E-state index is -6.37. The molecule has 0 atom stereocenters. The van der Waals surface area contributed by atoms with E-state index in [4.69, 9.17) is 34.3 Å². The summed E-state index contributed by atoms with van der Waals surface area (Å²) < 4.78 is 91.8. The molecule has 0 radical (unpaired) electrons. The Bertz CT molecular complexity index is 977. The van der Waals surface area contributed by atoms with Crippen LogP contribution in [0.4, 0.5) is 36.4 Å². The summed E-state index contributed by atoms with van der Waals surface area (Å²) in [6.07, 6.45) is -12.7. The highest BCUT2D eigenvalue weighted by atomic mass is 35.5. The smallest absolute Gasteiger partial charge is 0.267 e.